The van der Waals surface area contributed by atoms with Crippen LogP contribution in [0.5, 0.6) is 5.75 Å². The Morgan fingerprint density at radius 1 is 0.951 bits per heavy atom. The zero-order valence-electron chi connectivity index (χ0n) is 22.4. The fourth-order valence-electron chi connectivity index (χ4n) is 4.48. The van der Waals surface area contributed by atoms with Gasteiger partial charge in [-0.15, -0.1) is 0 Å². The molecule has 41 heavy (non-hydrogen) atoms. The van der Waals surface area contributed by atoms with Crippen molar-refractivity contribution in [1.82, 2.24) is 15.0 Å². The van der Waals surface area contributed by atoms with Crippen LogP contribution in [0.2, 0.25) is 0 Å². The van der Waals surface area contributed by atoms with Crippen molar-refractivity contribution >= 4 is 28.4 Å². The lowest BCUT2D eigenvalue weighted by molar-refractivity contribution is -0.137. The van der Waals surface area contributed by atoms with Crippen LogP contribution in [-0.4, -0.2) is 32.0 Å². The summed E-state index contributed by atoms with van der Waals surface area (Å²) in [6, 6.07) is 16.5. The van der Waals surface area contributed by atoms with E-state index in [0.29, 0.717) is 39.2 Å². The maximum atomic E-state index is 13.1. The lowest BCUT2D eigenvalue weighted by Gasteiger charge is -2.17. The van der Waals surface area contributed by atoms with Crippen LogP contribution in [0.25, 0.3) is 33.3 Å². The molecule has 0 bridgehead atoms. The number of carbonyl (C=O) groups excluding carboxylic acids is 1. The summed E-state index contributed by atoms with van der Waals surface area (Å²) >= 11 is 0. The number of anilines is 2. The minimum atomic E-state index is -4.54. The first kappa shape index (κ1) is 27.6. The van der Waals surface area contributed by atoms with Crippen molar-refractivity contribution in [2.45, 2.75) is 33.0 Å². The monoisotopic (exact) mass is 557 g/mol. The molecule has 5 aromatic rings. The molecule has 208 valence electrons. The van der Waals surface area contributed by atoms with E-state index >= 15 is 0 Å². The first-order valence-electron chi connectivity index (χ1n) is 12.8. The number of rotatable bonds is 6. The number of nitrogens with zero attached hydrogens (tertiary/aromatic N) is 3. The number of benzene rings is 3. The highest BCUT2D eigenvalue weighted by Gasteiger charge is 2.30. The van der Waals surface area contributed by atoms with Crippen molar-refractivity contribution < 1.29 is 23.1 Å². The summed E-state index contributed by atoms with van der Waals surface area (Å²) in [4.78, 5) is 26.6. The van der Waals surface area contributed by atoms with Gasteiger partial charge in [0.25, 0.3) is 5.91 Å². The number of aryl methyl sites for hydroxylation is 1. The minimum Gasteiger partial charge on any atom is -0.507 e. The Bertz CT molecular complexity index is 1760. The third-order valence-corrected chi connectivity index (χ3v) is 6.42. The molecule has 2 aromatic heterocycles. The Hall–Kier alpha value is -4.99. The molecule has 0 fully saturated rings. The Morgan fingerprint density at radius 3 is 2.46 bits per heavy atom. The average Bonchev–Trinajstić information content (AvgIpc) is 2.93. The van der Waals surface area contributed by atoms with Gasteiger partial charge in [0.2, 0.25) is 5.95 Å². The molecule has 0 spiro atoms. The second-order valence-corrected chi connectivity index (χ2v) is 9.86. The van der Waals surface area contributed by atoms with Gasteiger partial charge >= 0.3 is 6.18 Å². The van der Waals surface area contributed by atoms with Crippen molar-refractivity contribution in [1.29, 1.82) is 0 Å². The van der Waals surface area contributed by atoms with E-state index in [0.717, 1.165) is 17.7 Å². The highest BCUT2D eigenvalue weighted by Crippen LogP contribution is 2.43. The Kier molecular flexibility index (Phi) is 7.32. The van der Waals surface area contributed by atoms with Gasteiger partial charge in [-0.25, -0.2) is 9.97 Å². The van der Waals surface area contributed by atoms with E-state index in [1.807, 2.05) is 20.8 Å². The lowest BCUT2D eigenvalue weighted by Crippen LogP contribution is -2.13. The second-order valence-electron chi connectivity index (χ2n) is 9.86. The van der Waals surface area contributed by atoms with Gasteiger partial charge < -0.3 is 15.7 Å². The van der Waals surface area contributed by atoms with E-state index in [4.69, 9.17) is 0 Å². The summed E-state index contributed by atoms with van der Waals surface area (Å²) in [6.45, 7) is 5.76. The molecule has 1 amide bonds. The molecule has 0 saturated heterocycles. The molecule has 0 saturated carbocycles. The topological polar surface area (TPSA) is 100 Å². The van der Waals surface area contributed by atoms with Crippen LogP contribution in [0, 0.1) is 6.92 Å². The first-order chi connectivity index (χ1) is 19.5. The fourth-order valence-corrected chi connectivity index (χ4v) is 4.48. The van der Waals surface area contributed by atoms with E-state index in [9.17, 15) is 23.1 Å². The van der Waals surface area contributed by atoms with E-state index in [1.54, 1.807) is 54.9 Å². The van der Waals surface area contributed by atoms with Crippen LogP contribution in [0.15, 0.2) is 79.1 Å². The lowest BCUT2D eigenvalue weighted by atomic mass is 9.92. The molecule has 10 heteroatoms. The number of aromatic hydroxyl groups is 1. The van der Waals surface area contributed by atoms with Crippen molar-refractivity contribution in [3.63, 3.8) is 0 Å². The highest BCUT2D eigenvalue weighted by atomic mass is 19.4. The molecule has 7 nitrogen and oxygen atoms in total. The third kappa shape index (κ3) is 5.81. The maximum Gasteiger partial charge on any atom is 0.416 e. The standard InChI is InChI=1S/C31H26F3N5O2/c1-17(2)37-30-36-16-20-14-24(28(40)26(27(20)39-30)25-9-4-5-12-35-25)23-13-19(11-10-18(23)3)29(41)38-22-8-6-7-21(15-22)31(32,33)34/h4-17,40H,1-3H3,(H,38,41)(H,36,37,39). The predicted molar refractivity (Wildman–Crippen MR) is 153 cm³/mol. The van der Waals surface area contributed by atoms with Crippen molar-refractivity contribution in [2.24, 2.45) is 0 Å². The summed E-state index contributed by atoms with van der Waals surface area (Å²) in [6.07, 6.45) is -1.26. The number of phenols is 1. The largest absolute Gasteiger partial charge is 0.507 e. The number of phenolic OH excluding ortho intramolecular Hbond substituents is 1. The molecule has 5 rings (SSSR count). The Morgan fingerprint density at radius 2 is 1.76 bits per heavy atom. The first-order valence-corrected chi connectivity index (χ1v) is 12.8. The number of nitrogens with one attached hydrogen (secondary N) is 2. The van der Waals surface area contributed by atoms with Crippen molar-refractivity contribution in [3.8, 4) is 28.1 Å². The molecule has 3 aromatic carbocycles. The van der Waals surface area contributed by atoms with Crippen LogP contribution in [0.1, 0.15) is 35.3 Å². The van der Waals surface area contributed by atoms with E-state index < -0.39 is 17.6 Å². The molecule has 0 radical (unpaired) electrons. The van der Waals surface area contributed by atoms with E-state index in [-0.39, 0.29) is 23.0 Å². The quantitative estimate of drug-likeness (QED) is 0.200. The molecule has 0 unspecified atom stereocenters. The van der Waals surface area contributed by atoms with Gasteiger partial charge in [0, 0.05) is 40.6 Å². The van der Waals surface area contributed by atoms with Crippen molar-refractivity contribution in [3.05, 3.63) is 95.8 Å². The SMILES string of the molecule is Cc1ccc(C(=O)Nc2cccc(C(F)(F)F)c2)cc1-c1cc2cnc(NC(C)C)nc2c(-c2ccccn2)c1O. The minimum absolute atomic E-state index is 0.0147. The van der Waals surface area contributed by atoms with Gasteiger partial charge in [0.15, 0.2) is 0 Å². The second kappa shape index (κ2) is 10.9. The summed E-state index contributed by atoms with van der Waals surface area (Å²) < 4.78 is 39.4. The number of fused-ring (bicyclic) bond motifs is 1. The number of carbonyl (C=O) groups is 1. The highest BCUT2D eigenvalue weighted by molar-refractivity contribution is 6.06. The summed E-state index contributed by atoms with van der Waals surface area (Å²) in [5, 5.41) is 18.0. The molecule has 0 aliphatic rings. The van der Waals surface area contributed by atoms with Crippen molar-refractivity contribution in [2.75, 3.05) is 10.6 Å². The number of aromatic nitrogens is 3. The third-order valence-electron chi connectivity index (χ3n) is 6.42. The number of pyridine rings is 1. The van der Waals surface area contributed by atoms with Gasteiger partial charge in [-0.05, 0) is 80.4 Å². The van der Waals surface area contributed by atoms with E-state index in [1.165, 1.54) is 12.1 Å². The molecule has 3 N–H and O–H groups in total. The number of halogens is 3. The van der Waals surface area contributed by atoms with Crippen LogP contribution < -0.4 is 10.6 Å². The van der Waals surface area contributed by atoms with Gasteiger partial charge in [0.1, 0.15) is 5.75 Å². The molecule has 0 aliphatic heterocycles. The number of amides is 1. The summed E-state index contributed by atoms with van der Waals surface area (Å²) in [5.74, 6) is -0.270. The normalized spacial score (nSPS) is 11.6. The molecule has 2 heterocycles. The predicted octanol–water partition coefficient (Wildman–Crippen LogP) is 7.46. The smallest absolute Gasteiger partial charge is 0.416 e. The van der Waals surface area contributed by atoms with Gasteiger partial charge in [0.05, 0.1) is 22.3 Å². The molecular formula is C31H26F3N5O2. The molecular weight excluding hydrogens is 531 g/mol. The van der Waals surface area contributed by atoms with Gasteiger partial charge in [-0.1, -0.05) is 18.2 Å². The summed E-state index contributed by atoms with van der Waals surface area (Å²) in [5.41, 5.74) is 2.51. The summed E-state index contributed by atoms with van der Waals surface area (Å²) in [7, 11) is 0. The molecule has 0 aliphatic carbocycles. The fraction of sp³-hybridized carbons (Fsp3) is 0.161. The van der Waals surface area contributed by atoms with Crippen LogP contribution in [0.4, 0.5) is 24.8 Å². The zero-order chi connectivity index (χ0) is 29.3. The van der Waals surface area contributed by atoms with Gasteiger partial charge in [-0.2, -0.15) is 13.2 Å². The van der Waals surface area contributed by atoms with Crippen LogP contribution in [-0.2, 0) is 6.18 Å². The number of hydrogen-bond donors (Lipinski definition) is 3. The molecule has 0 atom stereocenters. The number of hydrogen-bond acceptors (Lipinski definition) is 6. The zero-order valence-corrected chi connectivity index (χ0v) is 22.4. The Balaban J connectivity index is 1.61. The maximum absolute atomic E-state index is 13.1. The Labute approximate surface area is 234 Å². The van der Waals surface area contributed by atoms with Gasteiger partial charge in [-0.3, -0.25) is 9.78 Å². The van der Waals surface area contributed by atoms with Crippen LogP contribution >= 0.6 is 0 Å². The number of alkyl halides is 3. The average molecular weight is 558 g/mol. The van der Waals surface area contributed by atoms with E-state index in [2.05, 4.69) is 25.6 Å². The van der Waals surface area contributed by atoms with Crippen LogP contribution in [0.3, 0.4) is 0 Å².